The minimum absolute atomic E-state index is 0.0752. The number of hydrogen-bond acceptors (Lipinski definition) is 3. The molecule has 0 aromatic heterocycles. The molecule has 0 spiro atoms. The molecule has 0 saturated heterocycles. The summed E-state index contributed by atoms with van der Waals surface area (Å²) in [5.41, 5.74) is 5.56. The summed E-state index contributed by atoms with van der Waals surface area (Å²) in [7, 11) is 3.89. The summed E-state index contributed by atoms with van der Waals surface area (Å²) >= 11 is 0. The van der Waals surface area contributed by atoms with Crippen molar-refractivity contribution in [1.29, 1.82) is 0 Å². The quantitative estimate of drug-likeness (QED) is 0.742. The van der Waals surface area contributed by atoms with E-state index in [9.17, 15) is 4.39 Å². The van der Waals surface area contributed by atoms with Crippen LogP contribution in [-0.4, -0.2) is 32.1 Å². The van der Waals surface area contributed by atoms with Crippen molar-refractivity contribution in [3.63, 3.8) is 0 Å². The SMILES string of the molecule is CN(C)CCOc1cccc(F)c1N. The second-order valence-electron chi connectivity index (χ2n) is 3.30. The number of rotatable bonds is 4. The fraction of sp³-hybridized carbons (Fsp3) is 0.400. The van der Waals surface area contributed by atoms with Crippen LogP contribution in [0.1, 0.15) is 0 Å². The summed E-state index contributed by atoms with van der Waals surface area (Å²) < 4.78 is 18.3. The molecule has 4 heteroatoms. The molecule has 14 heavy (non-hydrogen) atoms. The average Bonchev–Trinajstić information content (AvgIpc) is 2.12. The van der Waals surface area contributed by atoms with E-state index >= 15 is 0 Å². The molecule has 0 unspecified atom stereocenters. The molecule has 0 radical (unpaired) electrons. The molecule has 0 fully saturated rings. The number of likely N-dealkylation sites (N-methyl/N-ethyl adjacent to an activating group) is 1. The Morgan fingerprint density at radius 3 is 2.79 bits per heavy atom. The van der Waals surface area contributed by atoms with E-state index in [4.69, 9.17) is 10.5 Å². The number of benzene rings is 1. The highest BCUT2D eigenvalue weighted by Gasteiger charge is 2.04. The molecular formula is C10H15FN2O. The molecule has 1 aromatic rings. The van der Waals surface area contributed by atoms with Crippen LogP contribution in [0.25, 0.3) is 0 Å². The van der Waals surface area contributed by atoms with Crippen LogP contribution < -0.4 is 10.5 Å². The highest BCUT2D eigenvalue weighted by Crippen LogP contribution is 2.23. The minimum atomic E-state index is -0.438. The molecule has 78 valence electrons. The van der Waals surface area contributed by atoms with Gasteiger partial charge in [-0.15, -0.1) is 0 Å². The van der Waals surface area contributed by atoms with Crippen LogP contribution in [-0.2, 0) is 0 Å². The van der Waals surface area contributed by atoms with E-state index < -0.39 is 5.82 Å². The number of para-hydroxylation sites is 1. The summed E-state index contributed by atoms with van der Waals surface area (Å²) in [5, 5.41) is 0. The van der Waals surface area contributed by atoms with Crippen molar-refractivity contribution in [2.45, 2.75) is 0 Å². The first-order valence-electron chi connectivity index (χ1n) is 4.43. The lowest BCUT2D eigenvalue weighted by molar-refractivity contribution is 0.262. The zero-order valence-corrected chi connectivity index (χ0v) is 8.46. The fourth-order valence-electron chi connectivity index (χ4n) is 0.981. The van der Waals surface area contributed by atoms with Gasteiger partial charge in [0.2, 0.25) is 0 Å². The molecular weight excluding hydrogens is 183 g/mol. The van der Waals surface area contributed by atoms with Gasteiger partial charge in [0.1, 0.15) is 23.9 Å². The van der Waals surface area contributed by atoms with Crippen LogP contribution in [0.5, 0.6) is 5.75 Å². The Labute approximate surface area is 83.3 Å². The lowest BCUT2D eigenvalue weighted by Gasteiger charge is -2.12. The van der Waals surface area contributed by atoms with Crippen LogP contribution in [0.3, 0.4) is 0 Å². The number of anilines is 1. The fourth-order valence-corrected chi connectivity index (χ4v) is 0.981. The number of nitrogens with zero attached hydrogens (tertiary/aromatic N) is 1. The Bertz CT molecular complexity index is 302. The van der Waals surface area contributed by atoms with Gasteiger partial charge in [0.15, 0.2) is 0 Å². The third kappa shape index (κ3) is 2.88. The van der Waals surface area contributed by atoms with Crippen molar-refractivity contribution in [2.75, 3.05) is 33.0 Å². The molecule has 0 aliphatic heterocycles. The highest BCUT2D eigenvalue weighted by molar-refractivity contribution is 5.53. The van der Waals surface area contributed by atoms with E-state index in [2.05, 4.69) is 0 Å². The van der Waals surface area contributed by atoms with Gasteiger partial charge < -0.3 is 15.4 Å². The van der Waals surface area contributed by atoms with Gasteiger partial charge in [-0.25, -0.2) is 4.39 Å². The van der Waals surface area contributed by atoms with Crippen molar-refractivity contribution in [3.8, 4) is 5.75 Å². The van der Waals surface area contributed by atoms with Crippen molar-refractivity contribution in [3.05, 3.63) is 24.0 Å². The zero-order chi connectivity index (χ0) is 10.6. The Morgan fingerprint density at radius 1 is 1.43 bits per heavy atom. The highest BCUT2D eigenvalue weighted by atomic mass is 19.1. The summed E-state index contributed by atoms with van der Waals surface area (Å²) in [6.07, 6.45) is 0. The number of ether oxygens (including phenoxy) is 1. The Hall–Kier alpha value is -1.29. The van der Waals surface area contributed by atoms with Gasteiger partial charge in [0, 0.05) is 6.54 Å². The first kappa shape index (κ1) is 10.8. The van der Waals surface area contributed by atoms with Crippen LogP contribution in [0.4, 0.5) is 10.1 Å². The molecule has 0 aliphatic rings. The summed E-state index contributed by atoms with van der Waals surface area (Å²) in [4.78, 5) is 1.98. The largest absolute Gasteiger partial charge is 0.490 e. The summed E-state index contributed by atoms with van der Waals surface area (Å²) in [6, 6.07) is 4.55. The van der Waals surface area contributed by atoms with E-state index in [1.807, 2.05) is 19.0 Å². The first-order chi connectivity index (χ1) is 6.61. The van der Waals surface area contributed by atoms with Crippen molar-refractivity contribution >= 4 is 5.69 Å². The van der Waals surface area contributed by atoms with Gasteiger partial charge in [-0.05, 0) is 26.2 Å². The van der Waals surface area contributed by atoms with Gasteiger partial charge in [0.05, 0.1) is 0 Å². The normalized spacial score (nSPS) is 10.6. The second kappa shape index (κ2) is 4.81. The molecule has 1 rings (SSSR count). The van der Waals surface area contributed by atoms with Gasteiger partial charge in [-0.1, -0.05) is 6.07 Å². The van der Waals surface area contributed by atoms with E-state index in [1.54, 1.807) is 12.1 Å². The molecule has 0 bridgehead atoms. The average molecular weight is 198 g/mol. The number of halogens is 1. The Morgan fingerprint density at radius 2 is 2.14 bits per heavy atom. The molecule has 0 saturated carbocycles. The van der Waals surface area contributed by atoms with Crippen molar-refractivity contribution in [1.82, 2.24) is 4.90 Å². The Kier molecular flexibility index (Phi) is 3.71. The molecule has 2 N–H and O–H groups in total. The molecule has 0 atom stereocenters. The van der Waals surface area contributed by atoms with E-state index in [-0.39, 0.29) is 5.69 Å². The third-order valence-corrected chi connectivity index (χ3v) is 1.81. The molecule has 0 aliphatic carbocycles. The Balaban J connectivity index is 2.54. The predicted molar refractivity (Wildman–Crippen MR) is 54.9 cm³/mol. The van der Waals surface area contributed by atoms with Gasteiger partial charge in [-0.2, -0.15) is 0 Å². The maximum Gasteiger partial charge on any atom is 0.149 e. The lowest BCUT2D eigenvalue weighted by Crippen LogP contribution is -2.19. The van der Waals surface area contributed by atoms with Crippen LogP contribution in [0.15, 0.2) is 18.2 Å². The smallest absolute Gasteiger partial charge is 0.149 e. The zero-order valence-electron chi connectivity index (χ0n) is 8.46. The van der Waals surface area contributed by atoms with Gasteiger partial charge >= 0.3 is 0 Å². The predicted octanol–water partition coefficient (Wildman–Crippen LogP) is 1.35. The van der Waals surface area contributed by atoms with Crippen LogP contribution >= 0.6 is 0 Å². The number of nitrogens with two attached hydrogens (primary N) is 1. The minimum Gasteiger partial charge on any atom is -0.490 e. The van der Waals surface area contributed by atoms with Crippen molar-refractivity contribution in [2.24, 2.45) is 0 Å². The topological polar surface area (TPSA) is 38.5 Å². The standard InChI is InChI=1S/C10H15FN2O/c1-13(2)6-7-14-9-5-3-4-8(11)10(9)12/h3-5H,6-7,12H2,1-2H3. The third-order valence-electron chi connectivity index (χ3n) is 1.81. The van der Waals surface area contributed by atoms with Gasteiger partial charge in [0.25, 0.3) is 0 Å². The molecule has 1 aromatic carbocycles. The first-order valence-corrected chi connectivity index (χ1v) is 4.43. The molecule has 0 amide bonds. The van der Waals surface area contributed by atoms with E-state index in [1.165, 1.54) is 6.07 Å². The van der Waals surface area contributed by atoms with Crippen molar-refractivity contribution < 1.29 is 9.13 Å². The van der Waals surface area contributed by atoms with E-state index in [0.717, 1.165) is 6.54 Å². The monoisotopic (exact) mass is 198 g/mol. The maximum absolute atomic E-state index is 12.9. The molecule has 3 nitrogen and oxygen atoms in total. The van der Waals surface area contributed by atoms with Crippen LogP contribution in [0, 0.1) is 5.82 Å². The van der Waals surface area contributed by atoms with Crippen LogP contribution in [0.2, 0.25) is 0 Å². The van der Waals surface area contributed by atoms with Gasteiger partial charge in [-0.3, -0.25) is 0 Å². The molecule has 0 heterocycles. The second-order valence-corrected chi connectivity index (χ2v) is 3.30. The maximum atomic E-state index is 12.9. The van der Waals surface area contributed by atoms with E-state index in [0.29, 0.717) is 12.4 Å². The lowest BCUT2D eigenvalue weighted by atomic mass is 10.3. The number of nitrogen functional groups attached to an aromatic ring is 1. The summed E-state index contributed by atoms with van der Waals surface area (Å²) in [5.74, 6) is -0.0285. The summed E-state index contributed by atoms with van der Waals surface area (Å²) in [6.45, 7) is 1.27. The number of hydrogen-bond donors (Lipinski definition) is 1.